The highest BCUT2D eigenvalue weighted by Crippen LogP contribution is 2.38. The lowest BCUT2D eigenvalue weighted by atomic mass is 9.95. The molecule has 7 nitrogen and oxygen atoms in total. The number of aromatic amines is 1. The number of halogens is 1. The molecule has 2 fully saturated rings. The molecule has 1 aromatic heterocycles. The van der Waals surface area contributed by atoms with Crippen molar-refractivity contribution in [3.8, 4) is 11.4 Å². The molecule has 8 heteroatoms. The number of carbonyl (C=O) groups excluding carboxylic acids is 2. The number of aromatic nitrogens is 3. The van der Waals surface area contributed by atoms with Gasteiger partial charge in [-0.2, -0.15) is 5.10 Å². The summed E-state index contributed by atoms with van der Waals surface area (Å²) in [6.45, 7) is 1.00. The average Bonchev–Trinajstić information content (AvgIpc) is 3.56. The molecular weight excluding hydrogens is 409 g/mol. The first-order valence-electron chi connectivity index (χ1n) is 11.0. The fourth-order valence-corrected chi connectivity index (χ4v) is 4.01. The number of H-pyrrole nitrogens is 1. The van der Waals surface area contributed by atoms with Crippen molar-refractivity contribution in [3.05, 3.63) is 65.7 Å². The van der Waals surface area contributed by atoms with Gasteiger partial charge in [0.2, 0.25) is 5.91 Å². The monoisotopic (exact) mass is 433 g/mol. The van der Waals surface area contributed by atoms with E-state index in [-0.39, 0.29) is 23.5 Å². The first kappa shape index (κ1) is 20.4. The Morgan fingerprint density at radius 2 is 1.66 bits per heavy atom. The van der Waals surface area contributed by atoms with Crippen molar-refractivity contribution >= 4 is 17.5 Å². The molecule has 2 aromatic carbocycles. The van der Waals surface area contributed by atoms with Crippen LogP contribution in [0.4, 0.5) is 10.1 Å². The lowest BCUT2D eigenvalue weighted by Gasteiger charge is -2.31. The first-order chi connectivity index (χ1) is 15.6. The largest absolute Gasteiger partial charge is 0.339 e. The molecule has 2 N–H and O–H groups in total. The highest BCUT2D eigenvalue weighted by atomic mass is 19.1. The van der Waals surface area contributed by atoms with Crippen molar-refractivity contribution in [1.29, 1.82) is 0 Å². The van der Waals surface area contributed by atoms with Crippen LogP contribution in [0.5, 0.6) is 0 Å². The number of hydrogen-bond donors (Lipinski definition) is 2. The van der Waals surface area contributed by atoms with Gasteiger partial charge in [-0.1, -0.05) is 0 Å². The molecule has 5 rings (SSSR count). The Hall–Kier alpha value is -3.55. The van der Waals surface area contributed by atoms with Gasteiger partial charge in [0.25, 0.3) is 5.91 Å². The van der Waals surface area contributed by atoms with Crippen LogP contribution in [0, 0.1) is 11.7 Å². The number of hydrogen-bond acceptors (Lipinski definition) is 4. The van der Waals surface area contributed by atoms with Crippen LogP contribution in [-0.2, 0) is 4.79 Å². The summed E-state index contributed by atoms with van der Waals surface area (Å²) in [5.74, 6) is 1.45. The van der Waals surface area contributed by atoms with Crippen molar-refractivity contribution < 1.29 is 14.0 Å². The minimum atomic E-state index is -0.367. The molecule has 0 unspecified atom stereocenters. The molecule has 1 saturated carbocycles. The standard InChI is InChI=1S/C24H24FN5O2/c25-19-7-3-18(4-8-19)24(32)30-13-11-17(12-14-30)23(31)26-20-9-5-16(6-10-20)22-27-21(28-29-22)15-1-2-15/h3-10,15,17H,1-2,11-14H2,(H,26,31)(H,27,28,29). The molecule has 0 atom stereocenters. The van der Waals surface area contributed by atoms with Crippen molar-refractivity contribution in [2.24, 2.45) is 5.92 Å². The summed E-state index contributed by atoms with van der Waals surface area (Å²) in [6.07, 6.45) is 3.52. The van der Waals surface area contributed by atoms with Crippen molar-refractivity contribution in [2.75, 3.05) is 18.4 Å². The topological polar surface area (TPSA) is 91.0 Å². The Morgan fingerprint density at radius 1 is 0.969 bits per heavy atom. The summed E-state index contributed by atoms with van der Waals surface area (Å²) < 4.78 is 13.1. The SMILES string of the molecule is O=C(Nc1ccc(-c2n[nH]c(C3CC3)n2)cc1)C1CCN(C(=O)c2ccc(F)cc2)CC1. The maximum Gasteiger partial charge on any atom is 0.253 e. The Balaban J connectivity index is 1.14. The Kier molecular flexibility index (Phi) is 5.43. The van der Waals surface area contributed by atoms with Crippen molar-refractivity contribution in [1.82, 2.24) is 20.1 Å². The molecule has 2 heterocycles. The number of amides is 2. The van der Waals surface area contributed by atoms with Crippen molar-refractivity contribution in [2.45, 2.75) is 31.6 Å². The van der Waals surface area contributed by atoms with Crippen LogP contribution >= 0.6 is 0 Å². The molecule has 164 valence electrons. The smallest absolute Gasteiger partial charge is 0.253 e. The number of likely N-dealkylation sites (tertiary alicyclic amines) is 1. The molecular formula is C24H24FN5O2. The zero-order valence-corrected chi connectivity index (χ0v) is 17.6. The van der Waals surface area contributed by atoms with E-state index in [9.17, 15) is 14.0 Å². The van der Waals surface area contributed by atoms with Crippen molar-refractivity contribution in [3.63, 3.8) is 0 Å². The van der Waals surface area contributed by atoms with Gasteiger partial charge in [-0.25, -0.2) is 9.37 Å². The molecule has 3 aromatic rings. The molecule has 0 spiro atoms. The van der Waals surface area contributed by atoms with Crippen LogP contribution in [0.25, 0.3) is 11.4 Å². The summed E-state index contributed by atoms with van der Waals surface area (Å²) in [4.78, 5) is 31.5. The molecule has 1 aliphatic carbocycles. The molecule has 0 radical (unpaired) electrons. The number of rotatable bonds is 5. The van der Waals surface area contributed by atoms with E-state index in [1.807, 2.05) is 24.3 Å². The lowest BCUT2D eigenvalue weighted by Crippen LogP contribution is -2.41. The number of nitrogens with one attached hydrogen (secondary N) is 2. The van der Waals surface area contributed by atoms with E-state index in [1.165, 1.54) is 37.1 Å². The quantitative estimate of drug-likeness (QED) is 0.637. The maximum atomic E-state index is 13.1. The van der Waals surface area contributed by atoms with Gasteiger partial charge in [0.05, 0.1) is 0 Å². The number of benzene rings is 2. The third-order valence-corrected chi connectivity index (χ3v) is 6.12. The molecule has 0 bridgehead atoms. The highest BCUT2D eigenvalue weighted by Gasteiger charge is 2.28. The van der Waals surface area contributed by atoms with Crippen LogP contribution in [0.3, 0.4) is 0 Å². The molecule has 32 heavy (non-hydrogen) atoms. The molecule has 2 aliphatic rings. The van der Waals surface area contributed by atoms with E-state index in [1.54, 1.807) is 4.90 Å². The third-order valence-electron chi connectivity index (χ3n) is 6.12. The highest BCUT2D eigenvalue weighted by molar-refractivity contribution is 5.95. The molecule has 2 amide bonds. The van der Waals surface area contributed by atoms with E-state index in [2.05, 4.69) is 20.5 Å². The van der Waals surface area contributed by atoms with E-state index in [4.69, 9.17) is 0 Å². The van der Waals surface area contributed by atoms with Crippen LogP contribution in [-0.4, -0.2) is 45.0 Å². The van der Waals surface area contributed by atoms with Crippen LogP contribution < -0.4 is 5.32 Å². The van der Waals surface area contributed by atoms with Gasteiger partial charge < -0.3 is 10.2 Å². The Bertz CT molecular complexity index is 1110. The fourth-order valence-electron chi connectivity index (χ4n) is 4.01. The normalized spacial score (nSPS) is 16.7. The van der Waals surface area contributed by atoms with Gasteiger partial charge in [-0.15, -0.1) is 0 Å². The van der Waals surface area contributed by atoms with Gasteiger partial charge in [0.1, 0.15) is 11.6 Å². The van der Waals surface area contributed by atoms with Gasteiger partial charge in [-0.05, 0) is 74.2 Å². The van der Waals surface area contributed by atoms with E-state index in [0.717, 1.165) is 17.1 Å². The minimum absolute atomic E-state index is 0.0412. The number of piperidine rings is 1. The number of carbonyl (C=O) groups is 2. The van der Waals surface area contributed by atoms with E-state index >= 15 is 0 Å². The van der Waals surface area contributed by atoms with Gasteiger partial charge in [-0.3, -0.25) is 14.7 Å². The Labute approximate surface area is 185 Å². The summed E-state index contributed by atoms with van der Waals surface area (Å²) in [5, 5.41) is 10.3. The van der Waals surface area contributed by atoms with Gasteiger partial charge >= 0.3 is 0 Å². The molecule has 1 aliphatic heterocycles. The summed E-state index contributed by atoms with van der Waals surface area (Å²) in [5.41, 5.74) is 2.09. The Morgan fingerprint density at radius 3 is 2.31 bits per heavy atom. The maximum absolute atomic E-state index is 13.1. The predicted molar refractivity (Wildman–Crippen MR) is 117 cm³/mol. The summed E-state index contributed by atoms with van der Waals surface area (Å²) in [7, 11) is 0. The van der Waals surface area contributed by atoms with E-state index in [0.29, 0.717) is 43.2 Å². The van der Waals surface area contributed by atoms with Crippen LogP contribution in [0.15, 0.2) is 48.5 Å². The molecule has 1 saturated heterocycles. The summed E-state index contributed by atoms with van der Waals surface area (Å²) in [6, 6.07) is 13.1. The summed E-state index contributed by atoms with van der Waals surface area (Å²) >= 11 is 0. The average molecular weight is 433 g/mol. The second-order valence-electron chi connectivity index (χ2n) is 8.46. The van der Waals surface area contributed by atoms with Gasteiger partial charge in [0.15, 0.2) is 5.82 Å². The van der Waals surface area contributed by atoms with E-state index < -0.39 is 0 Å². The third kappa shape index (κ3) is 4.39. The fraction of sp³-hybridized carbons (Fsp3) is 0.333. The zero-order valence-electron chi connectivity index (χ0n) is 17.6. The number of nitrogens with zero attached hydrogens (tertiary/aromatic N) is 3. The first-order valence-corrected chi connectivity index (χ1v) is 11.0. The predicted octanol–water partition coefficient (Wildman–Crippen LogP) is 3.98. The number of anilines is 1. The lowest BCUT2D eigenvalue weighted by molar-refractivity contribution is -0.121. The van der Waals surface area contributed by atoms with Crippen LogP contribution in [0.1, 0.15) is 47.8 Å². The second-order valence-corrected chi connectivity index (χ2v) is 8.46. The second kappa shape index (κ2) is 8.53. The zero-order chi connectivity index (χ0) is 22.1. The van der Waals surface area contributed by atoms with Gasteiger partial charge in [0, 0.05) is 41.7 Å². The minimum Gasteiger partial charge on any atom is -0.339 e. The van der Waals surface area contributed by atoms with Crippen LogP contribution in [0.2, 0.25) is 0 Å².